The quantitative estimate of drug-likeness (QED) is 0.380. The van der Waals surface area contributed by atoms with Gasteiger partial charge >= 0.3 is 0 Å². The van der Waals surface area contributed by atoms with Crippen LogP contribution in [-0.4, -0.2) is 61.6 Å². The summed E-state index contributed by atoms with van der Waals surface area (Å²) in [5.41, 5.74) is 0. The van der Waals surface area contributed by atoms with Gasteiger partial charge in [0.05, 0.1) is 0 Å². The standard InChI is InChI=1S/C21H38N4.HI/c1-22-21(23-20-14-19(20)18-8-4-2-5-9-18)25-13-10-17(16-25)15-24-11-6-3-7-12-24;/h17-20H,2-16H2,1H3,(H,22,23);1H. The Morgan fingerprint density at radius 2 is 1.69 bits per heavy atom. The molecule has 150 valence electrons. The number of hydrogen-bond donors (Lipinski definition) is 1. The first-order valence-electron chi connectivity index (χ1n) is 11.0. The second-order valence-corrected chi connectivity index (χ2v) is 9.06. The van der Waals surface area contributed by atoms with E-state index in [2.05, 4.69) is 20.1 Å². The van der Waals surface area contributed by atoms with E-state index in [-0.39, 0.29) is 24.0 Å². The normalized spacial score (nSPS) is 33.8. The second kappa shape index (κ2) is 9.94. The molecule has 26 heavy (non-hydrogen) atoms. The molecule has 0 radical (unpaired) electrons. The van der Waals surface area contributed by atoms with Crippen molar-refractivity contribution in [3.63, 3.8) is 0 Å². The third-order valence-corrected chi connectivity index (χ3v) is 7.17. The minimum absolute atomic E-state index is 0. The van der Waals surface area contributed by atoms with Crippen molar-refractivity contribution in [1.82, 2.24) is 15.1 Å². The van der Waals surface area contributed by atoms with E-state index in [1.54, 1.807) is 0 Å². The van der Waals surface area contributed by atoms with Crippen molar-refractivity contribution >= 4 is 29.9 Å². The smallest absolute Gasteiger partial charge is 0.193 e. The summed E-state index contributed by atoms with van der Waals surface area (Å²) in [7, 11) is 1.97. The van der Waals surface area contributed by atoms with E-state index in [4.69, 9.17) is 0 Å². The molecule has 2 saturated carbocycles. The summed E-state index contributed by atoms with van der Waals surface area (Å²) in [6.07, 6.45) is 14.3. The largest absolute Gasteiger partial charge is 0.353 e. The number of rotatable bonds is 4. The minimum atomic E-state index is 0. The molecule has 0 amide bonds. The topological polar surface area (TPSA) is 30.9 Å². The number of hydrogen-bond acceptors (Lipinski definition) is 2. The first-order valence-corrected chi connectivity index (χ1v) is 11.0. The Labute approximate surface area is 177 Å². The Balaban J connectivity index is 0.00000196. The van der Waals surface area contributed by atoms with Crippen molar-refractivity contribution in [2.24, 2.45) is 22.7 Å². The molecule has 4 aliphatic rings. The molecular weight excluding hydrogens is 435 g/mol. The summed E-state index contributed by atoms with van der Waals surface area (Å²) >= 11 is 0. The number of guanidine groups is 1. The number of halogens is 1. The zero-order valence-corrected chi connectivity index (χ0v) is 19.0. The fraction of sp³-hybridized carbons (Fsp3) is 0.952. The zero-order chi connectivity index (χ0) is 17.1. The average molecular weight is 474 g/mol. The summed E-state index contributed by atoms with van der Waals surface area (Å²) < 4.78 is 0. The van der Waals surface area contributed by atoms with Crippen LogP contribution in [0.25, 0.3) is 0 Å². The van der Waals surface area contributed by atoms with Crippen LogP contribution in [0.2, 0.25) is 0 Å². The Morgan fingerprint density at radius 3 is 2.42 bits per heavy atom. The van der Waals surface area contributed by atoms with E-state index < -0.39 is 0 Å². The van der Waals surface area contributed by atoms with Gasteiger partial charge in [-0.1, -0.05) is 38.5 Å². The molecule has 4 rings (SSSR count). The summed E-state index contributed by atoms with van der Waals surface area (Å²) in [5.74, 6) is 3.95. The van der Waals surface area contributed by atoms with Crippen molar-refractivity contribution < 1.29 is 0 Å². The Kier molecular flexibility index (Phi) is 7.91. The van der Waals surface area contributed by atoms with E-state index in [0.717, 1.165) is 17.8 Å². The second-order valence-electron chi connectivity index (χ2n) is 9.06. The van der Waals surface area contributed by atoms with Gasteiger partial charge in [-0.15, -0.1) is 24.0 Å². The molecule has 0 aromatic heterocycles. The van der Waals surface area contributed by atoms with Gasteiger partial charge in [0.25, 0.3) is 0 Å². The highest BCUT2D eigenvalue weighted by Crippen LogP contribution is 2.44. The SMILES string of the molecule is CN=C(NC1CC1C1CCCCC1)N1CCC(CN2CCCCC2)C1.I. The Hall–Kier alpha value is -0.0400. The summed E-state index contributed by atoms with van der Waals surface area (Å²) in [6.45, 7) is 6.36. The van der Waals surface area contributed by atoms with Crippen molar-refractivity contribution in [3.05, 3.63) is 0 Å². The van der Waals surface area contributed by atoms with Crippen LogP contribution in [0.3, 0.4) is 0 Å². The van der Waals surface area contributed by atoms with Crippen LogP contribution in [-0.2, 0) is 0 Å². The van der Waals surface area contributed by atoms with Gasteiger partial charge in [0.15, 0.2) is 5.96 Å². The van der Waals surface area contributed by atoms with Gasteiger partial charge in [-0.25, -0.2) is 0 Å². The Bertz CT molecular complexity index is 457. The van der Waals surface area contributed by atoms with Gasteiger partial charge in [-0.05, 0) is 56.5 Å². The molecule has 5 heteroatoms. The van der Waals surface area contributed by atoms with Crippen molar-refractivity contribution in [3.8, 4) is 0 Å². The summed E-state index contributed by atoms with van der Waals surface area (Å²) in [5, 5.41) is 3.82. The van der Waals surface area contributed by atoms with E-state index in [1.165, 1.54) is 103 Å². The van der Waals surface area contributed by atoms with Crippen LogP contribution in [0.15, 0.2) is 4.99 Å². The predicted octanol–water partition coefficient (Wildman–Crippen LogP) is 3.96. The van der Waals surface area contributed by atoms with Crippen molar-refractivity contribution in [2.75, 3.05) is 39.8 Å². The maximum absolute atomic E-state index is 4.63. The average Bonchev–Trinajstić information content (AvgIpc) is 3.30. The lowest BCUT2D eigenvalue weighted by molar-refractivity contribution is 0.198. The molecule has 4 nitrogen and oxygen atoms in total. The first kappa shape index (κ1) is 20.7. The molecule has 0 aromatic carbocycles. The van der Waals surface area contributed by atoms with E-state index in [0.29, 0.717) is 6.04 Å². The molecule has 2 aliphatic carbocycles. The molecule has 2 saturated heterocycles. The van der Waals surface area contributed by atoms with Crippen LogP contribution >= 0.6 is 24.0 Å². The van der Waals surface area contributed by atoms with Gasteiger partial charge < -0.3 is 15.1 Å². The van der Waals surface area contributed by atoms with Gasteiger partial charge in [0.2, 0.25) is 0 Å². The van der Waals surface area contributed by atoms with Crippen LogP contribution in [0.1, 0.15) is 64.2 Å². The Morgan fingerprint density at radius 1 is 0.962 bits per heavy atom. The molecule has 4 fully saturated rings. The van der Waals surface area contributed by atoms with Crippen LogP contribution < -0.4 is 5.32 Å². The maximum atomic E-state index is 4.63. The van der Waals surface area contributed by atoms with Crippen molar-refractivity contribution in [2.45, 2.75) is 70.3 Å². The molecule has 2 aliphatic heterocycles. The van der Waals surface area contributed by atoms with Crippen molar-refractivity contribution in [1.29, 1.82) is 0 Å². The summed E-state index contributed by atoms with van der Waals surface area (Å²) in [6, 6.07) is 0.711. The predicted molar refractivity (Wildman–Crippen MR) is 120 cm³/mol. The fourth-order valence-corrected chi connectivity index (χ4v) is 5.61. The van der Waals surface area contributed by atoms with Crippen LogP contribution in [0.5, 0.6) is 0 Å². The lowest BCUT2D eigenvalue weighted by atomic mass is 9.85. The number of likely N-dealkylation sites (tertiary alicyclic amines) is 2. The highest BCUT2D eigenvalue weighted by atomic mass is 127. The molecule has 2 heterocycles. The molecular formula is C21H39IN4. The lowest BCUT2D eigenvalue weighted by Crippen LogP contribution is -2.42. The highest BCUT2D eigenvalue weighted by Gasteiger charge is 2.44. The molecule has 0 aromatic rings. The van der Waals surface area contributed by atoms with E-state index in [9.17, 15) is 0 Å². The number of nitrogens with one attached hydrogen (secondary N) is 1. The first-order chi connectivity index (χ1) is 12.3. The van der Waals surface area contributed by atoms with Gasteiger partial charge in [0, 0.05) is 32.7 Å². The van der Waals surface area contributed by atoms with E-state index >= 15 is 0 Å². The van der Waals surface area contributed by atoms with Crippen LogP contribution in [0.4, 0.5) is 0 Å². The van der Waals surface area contributed by atoms with Gasteiger partial charge in [-0.2, -0.15) is 0 Å². The monoisotopic (exact) mass is 474 g/mol. The minimum Gasteiger partial charge on any atom is -0.353 e. The van der Waals surface area contributed by atoms with Gasteiger partial charge in [0.1, 0.15) is 0 Å². The molecule has 0 spiro atoms. The lowest BCUT2D eigenvalue weighted by Gasteiger charge is -2.29. The molecule has 3 unspecified atom stereocenters. The molecule has 3 atom stereocenters. The third kappa shape index (κ3) is 5.27. The molecule has 0 bridgehead atoms. The van der Waals surface area contributed by atoms with Crippen LogP contribution in [0, 0.1) is 17.8 Å². The molecule has 1 N–H and O–H groups in total. The highest BCUT2D eigenvalue weighted by molar-refractivity contribution is 14.0. The zero-order valence-electron chi connectivity index (χ0n) is 16.7. The van der Waals surface area contributed by atoms with E-state index in [1.807, 2.05) is 7.05 Å². The fourth-order valence-electron chi connectivity index (χ4n) is 5.61. The number of aliphatic imine (C=N–C) groups is 1. The maximum Gasteiger partial charge on any atom is 0.193 e. The van der Waals surface area contributed by atoms with Gasteiger partial charge in [-0.3, -0.25) is 4.99 Å². The summed E-state index contributed by atoms with van der Waals surface area (Å²) in [4.78, 5) is 9.86. The third-order valence-electron chi connectivity index (χ3n) is 7.17. The number of nitrogens with zero attached hydrogens (tertiary/aromatic N) is 3. The number of piperidine rings is 1.